The maximum absolute atomic E-state index is 5.60. The molecule has 0 amide bonds. The third-order valence-corrected chi connectivity index (χ3v) is 2.58. The summed E-state index contributed by atoms with van der Waals surface area (Å²) in [6.45, 7) is 6.96. The van der Waals surface area contributed by atoms with Crippen molar-refractivity contribution in [2.24, 2.45) is 11.7 Å². The number of nitrogens with two attached hydrogens (primary N) is 1. The number of piperidine rings is 1. The molecule has 0 aromatic carbocycles. The van der Waals surface area contributed by atoms with Crippen LogP contribution in [0.5, 0.6) is 0 Å². The maximum Gasteiger partial charge on any atom is -0.00156 e. The molecular formula is C9H21ClN2. The zero-order chi connectivity index (χ0) is 8.10. The lowest BCUT2D eigenvalue weighted by Crippen LogP contribution is -2.36. The highest BCUT2D eigenvalue weighted by Gasteiger charge is 2.16. The summed E-state index contributed by atoms with van der Waals surface area (Å²) in [6.07, 6.45) is 3.92. The summed E-state index contributed by atoms with van der Waals surface area (Å²) in [7, 11) is 0. The van der Waals surface area contributed by atoms with Gasteiger partial charge >= 0.3 is 0 Å². The zero-order valence-corrected chi connectivity index (χ0v) is 8.78. The third kappa shape index (κ3) is 3.74. The summed E-state index contributed by atoms with van der Waals surface area (Å²) in [4.78, 5) is 2.55. The van der Waals surface area contributed by atoms with E-state index in [4.69, 9.17) is 5.73 Å². The molecule has 2 N–H and O–H groups in total. The van der Waals surface area contributed by atoms with E-state index in [1.165, 1.54) is 38.9 Å². The van der Waals surface area contributed by atoms with E-state index < -0.39 is 0 Å². The van der Waals surface area contributed by atoms with Crippen molar-refractivity contribution in [3.8, 4) is 0 Å². The zero-order valence-electron chi connectivity index (χ0n) is 7.96. The van der Waals surface area contributed by atoms with E-state index in [1.54, 1.807) is 0 Å². The van der Waals surface area contributed by atoms with Crippen LogP contribution in [0.2, 0.25) is 0 Å². The first-order chi connectivity index (χ1) is 5.36. The van der Waals surface area contributed by atoms with Gasteiger partial charge in [-0.2, -0.15) is 0 Å². The third-order valence-electron chi connectivity index (χ3n) is 2.58. The molecule has 74 valence electrons. The molecule has 0 spiro atoms. The number of nitrogens with zero attached hydrogens (tertiary/aromatic N) is 1. The summed E-state index contributed by atoms with van der Waals surface area (Å²) in [5, 5.41) is 0. The number of hydrogen-bond donors (Lipinski definition) is 1. The highest BCUT2D eigenvalue weighted by molar-refractivity contribution is 5.85. The molecule has 1 heterocycles. The summed E-state index contributed by atoms with van der Waals surface area (Å²) < 4.78 is 0. The van der Waals surface area contributed by atoms with Crippen LogP contribution in [0.4, 0.5) is 0 Å². The molecule has 0 bridgehead atoms. The van der Waals surface area contributed by atoms with Crippen LogP contribution in [0.1, 0.15) is 26.2 Å². The fourth-order valence-corrected chi connectivity index (χ4v) is 1.76. The normalized spacial score (nSPS) is 20.5. The van der Waals surface area contributed by atoms with Gasteiger partial charge in [0.2, 0.25) is 0 Å². The van der Waals surface area contributed by atoms with Gasteiger partial charge in [-0.15, -0.1) is 12.4 Å². The highest BCUT2D eigenvalue weighted by Crippen LogP contribution is 2.15. The predicted octanol–water partition coefficient (Wildman–Crippen LogP) is 1.49. The lowest BCUT2D eigenvalue weighted by Gasteiger charge is -2.30. The van der Waals surface area contributed by atoms with Gasteiger partial charge in [0.25, 0.3) is 0 Å². The quantitative estimate of drug-likeness (QED) is 0.735. The number of hydrogen-bond acceptors (Lipinski definition) is 2. The van der Waals surface area contributed by atoms with Crippen molar-refractivity contribution < 1.29 is 0 Å². The van der Waals surface area contributed by atoms with Crippen LogP contribution in [0.3, 0.4) is 0 Å². The van der Waals surface area contributed by atoms with Crippen LogP contribution < -0.4 is 5.73 Å². The minimum Gasteiger partial charge on any atom is -0.330 e. The number of rotatable bonds is 3. The van der Waals surface area contributed by atoms with Crippen molar-refractivity contribution in [2.75, 3.05) is 26.2 Å². The van der Waals surface area contributed by atoms with Crippen LogP contribution in [0.15, 0.2) is 0 Å². The molecule has 0 radical (unpaired) electrons. The summed E-state index contributed by atoms with van der Waals surface area (Å²) in [5.41, 5.74) is 5.60. The highest BCUT2D eigenvalue weighted by atomic mass is 35.5. The van der Waals surface area contributed by atoms with E-state index in [-0.39, 0.29) is 12.4 Å². The van der Waals surface area contributed by atoms with Gasteiger partial charge in [0.15, 0.2) is 0 Å². The van der Waals surface area contributed by atoms with Crippen molar-refractivity contribution in [2.45, 2.75) is 26.2 Å². The lowest BCUT2D eigenvalue weighted by atomic mass is 9.97. The van der Waals surface area contributed by atoms with Crippen LogP contribution in [0, 0.1) is 5.92 Å². The van der Waals surface area contributed by atoms with E-state index in [9.17, 15) is 0 Å². The average Bonchev–Trinajstić information content (AvgIpc) is 2.07. The van der Waals surface area contributed by atoms with Gasteiger partial charge in [0.1, 0.15) is 0 Å². The van der Waals surface area contributed by atoms with Crippen molar-refractivity contribution in [3.63, 3.8) is 0 Å². The second kappa shape index (κ2) is 6.70. The number of likely N-dealkylation sites (tertiary alicyclic amines) is 1. The Morgan fingerprint density at radius 1 is 1.33 bits per heavy atom. The molecule has 1 saturated heterocycles. The molecule has 2 nitrogen and oxygen atoms in total. The van der Waals surface area contributed by atoms with E-state index in [0.29, 0.717) is 0 Å². The lowest BCUT2D eigenvalue weighted by molar-refractivity contribution is 0.188. The van der Waals surface area contributed by atoms with Crippen molar-refractivity contribution >= 4 is 12.4 Å². The van der Waals surface area contributed by atoms with Gasteiger partial charge in [-0.1, -0.05) is 6.92 Å². The van der Waals surface area contributed by atoms with Gasteiger partial charge in [0, 0.05) is 0 Å². The molecule has 0 unspecified atom stereocenters. The second-order valence-electron chi connectivity index (χ2n) is 3.52. The Labute approximate surface area is 81.9 Å². The Morgan fingerprint density at radius 2 is 1.92 bits per heavy atom. The summed E-state index contributed by atoms with van der Waals surface area (Å²) in [6, 6.07) is 0. The van der Waals surface area contributed by atoms with Crippen molar-refractivity contribution in [3.05, 3.63) is 0 Å². The van der Waals surface area contributed by atoms with Gasteiger partial charge in [-0.05, 0) is 51.4 Å². The Morgan fingerprint density at radius 3 is 2.33 bits per heavy atom. The van der Waals surface area contributed by atoms with Crippen LogP contribution in [-0.4, -0.2) is 31.1 Å². The smallest absolute Gasteiger partial charge is 0.00156 e. The predicted molar refractivity (Wildman–Crippen MR) is 55.8 cm³/mol. The largest absolute Gasteiger partial charge is 0.330 e. The minimum absolute atomic E-state index is 0. The Hall–Kier alpha value is 0.210. The summed E-state index contributed by atoms with van der Waals surface area (Å²) in [5.74, 6) is 0.808. The minimum atomic E-state index is 0. The van der Waals surface area contributed by atoms with Gasteiger partial charge < -0.3 is 10.6 Å². The average molecular weight is 193 g/mol. The first kappa shape index (κ1) is 12.2. The summed E-state index contributed by atoms with van der Waals surface area (Å²) >= 11 is 0. The topological polar surface area (TPSA) is 29.3 Å². The van der Waals surface area contributed by atoms with Crippen molar-refractivity contribution in [1.29, 1.82) is 0 Å². The molecule has 0 atom stereocenters. The molecule has 0 saturated carbocycles. The fourth-order valence-electron chi connectivity index (χ4n) is 1.76. The van der Waals surface area contributed by atoms with Crippen LogP contribution in [0.25, 0.3) is 0 Å². The van der Waals surface area contributed by atoms with Gasteiger partial charge in [0.05, 0.1) is 0 Å². The molecule has 1 aliphatic rings. The molecular weight excluding hydrogens is 172 g/mol. The van der Waals surface area contributed by atoms with E-state index in [1.807, 2.05) is 0 Å². The molecule has 0 aliphatic carbocycles. The number of halogens is 1. The first-order valence-corrected chi connectivity index (χ1v) is 4.79. The molecule has 1 aliphatic heterocycles. The van der Waals surface area contributed by atoms with Gasteiger partial charge in [-0.25, -0.2) is 0 Å². The van der Waals surface area contributed by atoms with E-state index in [0.717, 1.165) is 12.5 Å². The standard InChI is InChI=1S/C9H20N2.ClH/c1-2-5-11-6-3-9(8-10)4-7-11;/h9H,2-8,10H2,1H3;1H. The Kier molecular flexibility index (Phi) is 6.81. The molecule has 12 heavy (non-hydrogen) atoms. The first-order valence-electron chi connectivity index (χ1n) is 4.79. The van der Waals surface area contributed by atoms with Gasteiger partial charge in [-0.3, -0.25) is 0 Å². The van der Waals surface area contributed by atoms with Crippen molar-refractivity contribution in [1.82, 2.24) is 4.90 Å². The maximum atomic E-state index is 5.60. The van der Waals surface area contributed by atoms with Crippen LogP contribution in [-0.2, 0) is 0 Å². The van der Waals surface area contributed by atoms with Crippen LogP contribution >= 0.6 is 12.4 Å². The monoisotopic (exact) mass is 192 g/mol. The molecule has 3 heteroatoms. The molecule has 0 aromatic heterocycles. The molecule has 0 aromatic rings. The Bertz CT molecular complexity index is 101. The molecule has 1 fully saturated rings. The second-order valence-corrected chi connectivity index (χ2v) is 3.52. The van der Waals surface area contributed by atoms with E-state index in [2.05, 4.69) is 11.8 Å². The Balaban J connectivity index is 0.00000121. The molecule has 1 rings (SSSR count). The fraction of sp³-hybridized carbons (Fsp3) is 1.00. The SMILES string of the molecule is CCCN1CCC(CN)CC1.Cl. The van der Waals surface area contributed by atoms with E-state index >= 15 is 0 Å².